The zero-order valence-electron chi connectivity index (χ0n) is 8.44. The summed E-state index contributed by atoms with van der Waals surface area (Å²) in [7, 11) is 1.38. The van der Waals surface area contributed by atoms with Crippen molar-refractivity contribution in [2.45, 2.75) is 0 Å². The lowest BCUT2D eigenvalue weighted by Crippen LogP contribution is -1.97. The second-order valence-corrected chi connectivity index (χ2v) is 4.92. The van der Waals surface area contributed by atoms with Crippen LogP contribution in [0.2, 0.25) is 0 Å². The quantitative estimate of drug-likeness (QED) is 0.798. The zero-order valence-corrected chi connectivity index (χ0v) is 10.8. The molecule has 2 aromatic rings. The lowest BCUT2D eigenvalue weighted by atomic mass is 10.2. The van der Waals surface area contributed by atoms with E-state index in [0.717, 1.165) is 14.9 Å². The van der Waals surface area contributed by atoms with Gasteiger partial charge in [-0.15, -0.1) is 11.3 Å². The summed E-state index contributed by atoms with van der Waals surface area (Å²) in [5, 5.41) is 0. The fraction of sp³-hybridized carbons (Fsp3) is 0.0909. The maximum Gasteiger partial charge on any atom is 0.349 e. The van der Waals surface area contributed by atoms with E-state index in [2.05, 4.69) is 20.9 Å². The average molecular weight is 298 g/mol. The molecule has 5 heteroatoms. The first-order valence-electron chi connectivity index (χ1n) is 4.50. The standard InChI is InChI=1S/C11H8BrNO2S/c1-15-11(14)10-8(12)6-9(16-10)7-2-4-13-5-3-7/h2-6H,1H3. The van der Waals surface area contributed by atoms with Crippen LogP contribution in [0, 0.1) is 0 Å². The molecule has 0 atom stereocenters. The third-order valence-corrected chi connectivity index (χ3v) is 4.07. The number of methoxy groups -OCH3 is 1. The van der Waals surface area contributed by atoms with Crippen molar-refractivity contribution >= 4 is 33.2 Å². The molecular weight excluding hydrogens is 290 g/mol. The maximum atomic E-state index is 11.4. The molecule has 0 amide bonds. The molecule has 0 fully saturated rings. The van der Waals surface area contributed by atoms with Gasteiger partial charge in [0.25, 0.3) is 0 Å². The molecule has 82 valence electrons. The van der Waals surface area contributed by atoms with Crippen molar-refractivity contribution in [3.05, 3.63) is 39.9 Å². The molecule has 0 radical (unpaired) electrons. The van der Waals surface area contributed by atoms with Gasteiger partial charge in [0.05, 0.1) is 7.11 Å². The number of pyridine rings is 1. The number of carbonyl (C=O) groups is 1. The van der Waals surface area contributed by atoms with E-state index >= 15 is 0 Å². The van der Waals surface area contributed by atoms with Crippen molar-refractivity contribution in [2.75, 3.05) is 7.11 Å². The molecule has 0 N–H and O–H groups in total. The first-order chi connectivity index (χ1) is 7.72. The van der Waals surface area contributed by atoms with Crippen molar-refractivity contribution in [3.63, 3.8) is 0 Å². The Hall–Kier alpha value is -1.20. The first kappa shape index (κ1) is 11.3. The highest BCUT2D eigenvalue weighted by Crippen LogP contribution is 2.34. The number of hydrogen-bond acceptors (Lipinski definition) is 4. The fourth-order valence-electron chi connectivity index (χ4n) is 1.26. The summed E-state index contributed by atoms with van der Waals surface area (Å²) in [5.74, 6) is -0.322. The van der Waals surface area contributed by atoms with Crippen molar-refractivity contribution < 1.29 is 9.53 Å². The number of esters is 1. The summed E-state index contributed by atoms with van der Waals surface area (Å²) in [4.78, 5) is 17.0. The minimum Gasteiger partial charge on any atom is -0.465 e. The largest absolute Gasteiger partial charge is 0.465 e. The third kappa shape index (κ3) is 2.15. The number of rotatable bonds is 2. The molecule has 2 heterocycles. The van der Waals surface area contributed by atoms with E-state index in [4.69, 9.17) is 4.74 Å². The van der Waals surface area contributed by atoms with E-state index in [0.29, 0.717) is 4.88 Å². The molecule has 2 aromatic heterocycles. The molecule has 0 bridgehead atoms. The van der Waals surface area contributed by atoms with Crippen LogP contribution in [0.3, 0.4) is 0 Å². The molecule has 0 aliphatic carbocycles. The SMILES string of the molecule is COC(=O)c1sc(-c2ccncc2)cc1Br. The monoisotopic (exact) mass is 297 g/mol. The first-order valence-corrected chi connectivity index (χ1v) is 6.11. The van der Waals surface area contributed by atoms with Gasteiger partial charge in [-0.2, -0.15) is 0 Å². The van der Waals surface area contributed by atoms with Gasteiger partial charge in [0.2, 0.25) is 0 Å². The van der Waals surface area contributed by atoms with Gasteiger partial charge < -0.3 is 4.74 Å². The number of aromatic nitrogens is 1. The topological polar surface area (TPSA) is 39.2 Å². The number of carbonyl (C=O) groups excluding carboxylic acids is 1. The van der Waals surface area contributed by atoms with E-state index in [1.807, 2.05) is 18.2 Å². The Balaban J connectivity index is 2.42. The Bertz CT molecular complexity index is 510. The highest BCUT2D eigenvalue weighted by Gasteiger charge is 2.15. The van der Waals surface area contributed by atoms with Gasteiger partial charge in [-0.25, -0.2) is 4.79 Å². The summed E-state index contributed by atoms with van der Waals surface area (Å²) in [6, 6.07) is 5.71. The van der Waals surface area contributed by atoms with Crippen LogP contribution in [0.15, 0.2) is 35.1 Å². The summed E-state index contributed by atoms with van der Waals surface area (Å²) in [5.41, 5.74) is 1.04. The Morgan fingerprint density at radius 3 is 2.75 bits per heavy atom. The highest BCUT2D eigenvalue weighted by molar-refractivity contribution is 9.10. The molecule has 2 rings (SSSR count). The minimum atomic E-state index is -0.322. The Kier molecular flexibility index (Phi) is 3.36. The maximum absolute atomic E-state index is 11.4. The highest BCUT2D eigenvalue weighted by atomic mass is 79.9. The molecular formula is C11H8BrNO2S. The summed E-state index contributed by atoms with van der Waals surface area (Å²) < 4.78 is 5.46. The van der Waals surface area contributed by atoms with Gasteiger partial charge >= 0.3 is 5.97 Å². The lowest BCUT2D eigenvalue weighted by Gasteiger charge is -1.95. The van der Waals surface area contributed by atoms with Gasteiger partial charge in [0.1, 0.15) is 4.88 Å². The normalized spacial score (nSPS) is 10.1. The zero-order chi connectivity index (χ0) is 11.5. The van der Waals surface area contributed by atoms with Gasteiger partial charge in [-0.3, -0.25) is 4.98 Å². The number of nitrogens with zero attached hydrogens (tertiary/aromatic N) is 1. The predicted octanol–water partition coefficient (Wildman–Crippen LogP) is 3.36. The number of hydrogen-bond donors (Lipinski definition) is 0. The number of halogens is 1. The third-order valence-electron chi connectivity index (χ3n) is 2.02. The van der Waals surface area contributed by atoms with E-state index in [9.17, 15) is 4.79 Å². The van der Waals surface area contributed by atoms with Crippen LogP contribution in [0.5, 0.6) is 0 Å². The molecule has 0 aliphatic heterocycles. The van der Waals surface area contributed by atoms with E-state index < -0.39 is 0 Å². The van der Waals surface area contributed by atoms with Gasteiger partial charge in [-0.05, 0) is 39.7 Å². The van der Waals surface area contributed by atoms with E-state index in [1.54, 1.807) is 12.4 Å². The van der Waals surface area contributed by atoms with Crippen molar-refractivity contribution in [1.29, 1.82) is 0 Å². The Morgan fingerprint density at radius 1 is 1.44 bits per heavy atom. The predicted molar refractivity (Wildman–Crippen MR) is 66.6 cm³/mol. The second-order valence-electron chi connectivity index (χ2n) is 3.02. The molecule has 0 aromatic carbocycles. The van der Waals surface area contributed by atoms with Crippen LogP contribution in [0.25, 0.3) is 10.4 Å². The number of thiophene rings is 1. The van der Waals surface area contributed by atoms with E-state index in [1.165, 1.54) is 18.4 Å². The lowest BCUT2D eigenvalue weighted by molar-refractivity contribution is 0.0605. The molecule has 0 aliphatic rings. The van der Waals surface area contributed by atoms with Crippen LogP contribution in [-0.4, -0.2) is 18.1 Å². The molecule has 0 saturated heterocycles. The molecule has 3 nitrogen and oxygen atoms in total. The molecule has 0 saturated carbocycles. The summed E-state index contributed by atoms with van der Waals surface area (Å²) in [6.07, 6.45) is 3.45. The molecule has 0 spiro atoms. The molecule has 0 unspecified atom stereocenters. The summed E-state index contributed by atoms with van der Waals surface area (Å²) >= 11 is 4.75. The number of ether oxygens (including phenoxy) is 1. The fourth-order valence-corrected chi connectivity index (χ4v) is 3.02. The van der Waals surface area contributed by atoms with Crippen molar-refractivity contribution in [1.82, 2.24) is 4.98 Å². The van der Waals surface area contributed by atoms with Crippen LogP contribution in [0.4, 0.5) is 0 Å². The minimum absolute atomic E-state index is 0.322. The van der Waals surface area contributed by atoms with Gasteiger partial charge in [0, 0.05) is 21.7 Å². The average Bonchev–Trinajstić information content (AvgIpc) is 2.71. The van der Waals surface area contributed by atoms with Gasteiger partial charge in [-0.1, -0.05) is 0 Å². The van der Waals surface area contributed by atoms with E-state index in [-0.39, 0.29) is 5.97 Å². The second kappa shape index (κ2) is 4.76. The Labute approximate surface area is 105 Å². The molecule has 16 heavy (non-hydrogen) atoms. The van der Waals surface area contributed by atoms with Crippen LogP contribution in [0.1, 0.15) is 9.67 Å². The van der Waals surface area contributed by atoms with Crippen LogP contribution < -0.4 is 0 Å². The van der Waals surface area contributed by atoms with Crippen molar-refractivity contribution in [3.8, 4) is 10.4 Å². The van der Waals surface area contributed by atoms with Crippen molar-refractivity contribution in [2.24, 2.45) is 0 Å². The Morgan fingerprint density at radius 2 is 2.12 bits per heavy atom. The van der Waals surface area contributed by atoms with Crippen LogP contribution >= 0.6 is 27.3 Å². The van der Waals surface area contributed by atoms with Crippen LogP contribution in [-0.2, 0) is 4.74 Å². The smallest absolute Gasteiger partial charge is 0.349 e. The van der Waals surface area contributed by atoms with Gasteiger partial charge in [0.15, 0.2) is 0 Å². The summed E-state index contributed by atoms with van der Waals surface area (Å²) in [6.45, 7) is 0.